The molecule has 0 aliphatic rings. The van der Waals surface area contributed by atoms with E-state index in [9.17, 15) is 4.79 Å². The van der Waals surface area contributed by atoms with Crippen molar-refractivity contribution in [3.63, 3.8) is 0 Å². The molecular weight excluding hydrogens is 241 g/mol. The molecule has 94 valence electrons. The summed E-state index contributed by atoms with van der Waals surface area (Å²) >= 11 is 1.19. The maximum absolute atomic E-state index is 11.7. The summed E-state index contributed by atoms with van der Waals surface area (Å²) in [7, 11) is -1.55. The molecule has 0 spiro atoms. The summed E-state index contributed by atoms with van der Waals surface area (Å²) in [5, 5.41) is 19.4. The minimum absolute atomic E-state index is 0.323. The van der Waals surface area contributed by atoms with Gasteiger partial charge >= 0.3 is 13.1 Å². The molecule has 0 saturated carbocycles. The van der Waals surface area contributed by atoms with Crippen LogP contribution < -0.4 is 11.2 Å². The van der Waals surface area contributed by atoms with Crippen LogP contribution in [0.25, 0.3) is 0 Å². The van der Waals surface area contributed by atoms with Crippen molar-refractivity contribution in [1.82, 2.24) is 0 Å². The Morgan fingerprint density at radius 3 is 2.53 bits per heavy atom. The highest BCUT2D eigenvalue weighted by atomic mass is 32.1. The van der Waals surface area contributed by atoms with Gasteiger partial charge in [-0.05, 0) is 37.7 Å². The fraction of sp³-hybridized carbons (Fsp3) is 0.500. The lowest BCUT2D eigenvalue weighted by Gasteiger charge is -2.21. The Bertz CT molecular complexity index is 399. The third kappa shape index (κ3) is 4.12. The highest BCUT2D eigenvalue weighted by Gasteiger charge is 2.25. The molecule has 0 bridgehead atoms. The highest BCUT2D eigenvalue weighted by Crippen LogP contribution is 2.19. The van der Waals surface area contributed by atoms with Gasteiger partial charge in [-0.3, -0.25) is 0 Å². The van der Waals surface area contributed by atoms with Gasteiger partial charge in [-0.2, -0.15) is 0 Å². The predicted octanol–water partition coefficient (Wildman–Crippen LogP) is -0.231. The van der Waals surface area contributed by atoms with E-state index in [1.54, 1.807) is 26.2 Å². The van der Waals surface area contributed by atoms with Crippen LogP contribution in [-0.4, -0.2) is 28.7 Å². The van der Waals surface area contributed by atoms with E-state index in [2.05, 4.69) is 0 Å². The molecule has 1 unspecified atom stereocenters. The maximum Gasteiger partial charge on any atom is 0.489 e. The summed E-state index contributed by atoms with van der Waals surface area (Å²) in [4.78, 5) is 12.2. The van der Waals surface area contributed by atoms with Crippen LogP contribution in [0, 0.1) is 0 Å². The van der Waals surface area contributed by atoms with E-state index in [0.717, 1.165) is 0 Å². The number of thiophene rings is 1. The molecule has 1 heterocycles. The molecule has 0 aliphatic heterocycles. The first-order valence-corrected chi connectivity index (χ1v) is 6.01. The Hall–Kier alpha value is -0.885. The molecule has 7 heteroatoms. The normalized spacial score (nSPS) is 13.3. The van der Waals surface area contributed by atoms with Gasteiger partial charge in [0.05, 0.1) is 0 Å². The molecule has 17 heavy (non-hydrogen) atoms. The lowest BCUT2D eigenvalue weighted by atomic mass is 9.82. The van der Waals surface area contributed by atoms with E-state index in [1.165, 1.54) is 17.4 Å². The van der Waals surface area contributed by atoms with Crippen molar-refractivity contribution in [3.8, 4) is 0 Å². The molecule has 0 aliphatic carbocycles. The molecule has 1 rings (SSSR count). The van der Waals surface area contributed by atoms with E-state index < -0.39 is 24.7 Å². The van der Waals surface area contributed by atoms with Crippen LogP contribution in [0.1, 0.15) is 31.7 Å². The molecule has 5 nitrogen and oxygen atoms in total. The Kier molecular flexibility index (Phi) is 4.32. The quantitative estimate of drug-likeness (QED) is 0.513. The molecule has 1 atom stereocenters. The number of hydrogen-bond donors (Lipinski definition) is 3. The van der Waals surface area contributed by atoms with Crippen molar-refractivity contribution in [2.75, 3.05) is 0 Å². The Morgan fingerprint density at radius 1 is 1.53 bits per heavy atom. The van der Waals surface area contributed by atoms with Gasteiger partial charge in [0, 0.05) is 4.88 Å². The number of nitrogens with two attached hydrogens (primary N) is 1. The van der Waals surface area contributed by atoms with Gasteiger partial charge in [0.15, 0.2) is 0 Å². The molecule has 0 saturated heterocycles. The van der Waals surface area contributed by atoms with Crippen LogP contribution in [-0.2, 0) is 9.53 Å². The van der Waals surface area contributed by atoms with E-state index in [0.29, 0.717) is 10.3 Å². The Balaban J connectivity index is 2.75. The fourth-order valence-electron chi connectivity index (χ4n) is 1.15. The number of esters is 1. The number of hydrogen-bond acceptors (Lipinski definition) is 6. The summed E-state index contributed by atoms with van der Waals surface area (Å²) in [5.41, 5.74) is 5.46. The molecule has 4 N–H and O–H groups in total. The van der Waals surface area contributed by atoms with Gasteiger partial charge < -0.3 is 20.5 Å². The third-order valence-corrected chi connectivity index (χ3v) is 2.94. The summed E-state index contributed by atoms with van der Waals surface area (Å²) in [6.07, 6.45) is 0. The smallest absolute Gasteiger partial charge is 0.459 e. The lowest BCUT2D eigenvalue weighted by molar-refractivity contribution is -0.156. The van der Waals surface area contributed by atoms with Gasteiger partial charge in [0.1, 0.15) is 11.6 Å². The van der Waals surface area contributed by atoms with Crippen LogP contribution in [0.2, 0.25) is 0 Å². The number of carbonyl (C=O) groups excluding carboxylic acids is 1. The van der Waals surface area contributed by atoms with E-state index in [4.69, 9.17) is 20.5 Å². The molecule has 0 radical (unpaired) electrons. The van der Waals surface area contributed by atoms with Gasteiger partial charge in [-0.25, -0.2) is 4.79 Å². The molecule has 1 aromatic rings. The molecule has 0 fully saturated rings. The lowest BCUT2D eigenvalue weighted by Crippen LogP contribution is -2.32. The molecular formula is C10H16BNO4S. The van der Waals surface area contributed by atoms with Gasteiger partial charge in [-0.1, -0.05) is 0 Å². The average molecular weight is 257 g/mol. The van der Waals surface area contributed by atoms with E-state index in [1.807, 2.05) is 0 Å². The zero-order chi connectivity index (χ0) is 13.2. The topological polar surface area (TPSA) is 92.8 Å². The number of ether oxygens (including phenoxy) is 1. The van der Waals surface area contributed by atoms with Crippen molar-refractivity contribution in [1.29, 1.82) is 0 Å². The zero-order valence-corrected chi connectivity index (χ0v) is 10.8. The van der Waals surface area contributed by atoms with Crippen molar-refractivity contribution >= 4 is 29.9 Å². The van der Waals surface area contributed by atoms with Crippen LogP contribution in [0.15, 0.2) is 11.4 Å². The van der Waals surface area contributed by atoms with Gasteiger partial charge in [-0.15, -0.1) is 11.3 Å². The van der Waals surface area contributed by atoms with E-state index in [-0.39, 0.29) is 0 Å². The second-order valence-corrected chi connectivity index (χ2v) is 5.61. The maximum atomic E-state index is 11.7. The second kappa shape index (κ2) is 5.18. The minimum Gasteiger partial charge on any atom is -0.459 e. The monoisotopic (exact) mass is 257 g/mol. The minimum atomic E-state index is -1.55. The third-order valence-electron chi connectivity index (χ3n) is 1.91. The van der Waals surface area contributed by atoms with E-state index >= 15 is 0 Å². The Labute approximate surface area is 104 Å². The number of carbonyl (C=O) groups is 1. The highest BCUT2D eigenvalue weighted by molar-refractivity contribution is 7.11. The fourth-order valence-corrected chi connectivity index (χ4v) is 2.06. The SMILES string of the molecule is CC(C)(C)OC(=O)C(N)c1cc(B(O)O)cs1. The summed E-state index contributed by atoms with van der Waals surface area (Å²) in [6, 6.07) is 0.593. The number of rotatable bonds is 3. The first-order chi connectivity index (χ1) is 7.70. The summed E-state index contributed by atoms with van der Waals surface area (Å²) in [5.74, 6) is -0.529. The van der Waals surface area contributed by atoms with Crippen LogP contribution in [0.3, 0.4) is 0 Å². The van der Waals surface area contributed by atoms with Gasteiger partial charge in [0.2, 0.25) is 0 Å². The standard InChI is InChI=1S/C10H16BNO4S/c1-10(2,3)16-9(13)8(12)7-4-6(5-17-7)11(14)15/h4-5,8,14-15H,12H2,1-3H3. The van der Waals surface area contributed by atoms with Crippen LogP contribution in [0.4, 0.5) is 0 Å². The summed E-state index contributed by atoms with van der Waals surface area (Å²) in [6.45, 7) is 5.28. The van der Waals surface area contributed by atoms with Crippen molar-refractivity contribution < 1.29 is 19.6 Å². The average Bonchev–Trinajstić information content (AvgIpc) is 2.62. The molecule has 0 amide bonds. The first kappa shape index (κ1) is 14.2. The largest absolute Gasteiger partial charge is 0.489 e. The van der Waals surface area contributed by atoms with Crippen molar-refractivity contribution in [2.24, 2.45) is 5.73 Å². The van der Waals surface area contributed by atoms with Gasteiger partial charge in [0.25, 0.3) is 0 Å². The first-order valence-electron chi connectivity index (χ1n) is 5.13. The van der Waals surface area contributed by atoms with Crippen LogP contribution in [0.5, 0.6) is 0 Å². The van der Waals surface area contributed by atoms with Crippen molar-refractivity contribution in [3.05, 3.63) is 16.3 Å². The predicted molar refractivity (Wildman–Crippen MR) is 66.9 cm³/mol. The van der Waals surface area contributed by atoms with Crippen molar-refractivity contribution in [2.45, 2.75) is 32.4 Å². The zero-order valence-electron chi connectivity index (χ0n) is 10.0. The summed E-state index contributed by atoms with van der Waals surface area (Å²) < 4.78 is 5.14. The molecule has 1 aromatic heterocycles. The molecule has 0 aromatic carbocycles. The Morgan fingerprint density at radius 2 is 2.12 bits per heavy atom. The second-order valence-electron chi connectivity index (χ2n) is 4.67. The van der Waals surface area contributed by atoms with Crippen LogP contribution >= 0.6 is 11.3 Å².